The van der Waals surface area contributed by atoms with Gasteiger partial charge in [0.2, 0.25) is 5.91 Å². The van der Waals surface area contributed by atoms with E-state index < -0.39 is 10.0 Å². The minimum absolute atomic E-state index is 0.0189. The summed E-state index contributed by atoms with van der Waals surface area (Å²) >= 11 is 1.31. The highest BCUT2D eigenvalue weighted by molar-refractivity contribution is 7.89. The molecule has 3 heterocycles. The van der Waals surface area contributed by atoms with Gasteiger partial charge in [0.25, 0.3) is 10.0 Å². The lowest BCUT2D eigenvalue weighted by Crippen LogP contribution is -2.48. The second-order valence-electron chi connectivity index (χ2n) is 4.99. The Morgan fingerprint density at radius 2 is 2.29 bits per heavy atom. The molecule has 114 valence electrons. The summed E-state index contributed by atoms with van der Waals surface area (Å²) in [5.74, 6) is 0.00382. The van der Waals surface area contributed by atoms with E-state index in [2.05, 4.69) is 9.71 Å². The number of nitrogens with two attached hydrogens (primary N) is 1. The Balaban J connectivity index is 1.89. The highest BCUT2D eigenvalue weighted by Crippen LogP contribution is 2.24. The maximum atomic E-state index is 12.5. The van der Waals surface area contributed by atoms with Crippen LogP contribution in [0.2, 0.25) is 0 Å². The monoisotopic (exact) mass is 329 g/mol. The van der Waals surface area contributed by atoms with E-state index in [-0.39, 0.29) is 22.8 Å². The highest BCUT2D eigenvalue weighted by atomic mass is 32.2. The molecule has 1 aliphatic rings. The summed E-state index contributed by atoms with van der Waals surface area (Å²) in [5.41, 5.74) is 5.73. The number of imidazole rings is 1. The lowest BCUT2D eigenvalue weighted by atomic mass is 10.1. The predicted molar refractivity (Wildman–Crippen MR) is 78.5 cm³/mol. The van der Waals surface area contributed by atoms with Gasteiger partial charge in [-0.05, 0) is 6.42 Å². The Hall–Kier alpha value is -1.65. The van der Waals surface area contributed by atoms with Crippen LogP contribution in [0.3, 0.4) is 0 Å². The molecule has 3 N–H and O–H groups in total. The summed E-state index contributed by atoms with van der Waals surface area (Å²) in [7, 11) is -2.13. The number of carbonyl (C=O) groups excluding carboxylic acids is 1. The quantitative estimate of drug-likeness (QED) is 0.815. The molecule has 1 fully saturated rings. The number of hydrogen-bond acceptors (Lipinski definition) is 6. The Morgan fingerprint density at radius 1 is 1.52 bits per heavy atom. The molecule has 1 unspecified atom stereocenters. The maximum absolute atomic E-state index is 12.5. The van der Waals surface area contributed by atoms with Gasteiger partial charge in [-0.1, -0.05) is 0 Å². The van der Waals surface area contributed by atoms with Crippen LogP contribution >= 0.6 is 11.3 Å². The van der Waals surface area contributed by atoms with E-state index >= 15 is 0 Å². The number of nitrogen functional groups attached to an aromatic ring is 1. The van der Waals surface area contributed by atoms with Crippen molar-refractivity contribution >= 4 is 38.0 Å². The number of thiazole rings is 1. The van der Waals surface area contributed by atoms with Crippen LogP contribution in [0.15, 0.2) is 16.6 Å². The number of anilines is 1. The number of aromatic nitrogens is 2. The third kappa shape index (κ3) is 2.49. The number of fused-ring (bicyclic) bond motifs is 1. The molecule has 1 saturated heterocycles. The summed E-state index contributed by atoms with van der Waals surface area (Å²) < 4.78 is 29.1. The number of nitrogens with one attached hydrogen (secondary N) is 1. The molecule has 1 atom stereocenters. The first-order chi connectivity index (χ1) is 9.88. The molecule has 0 aromatic carbocycles. The summed E-state index contributed by atoms with van der Waals surface area (Å²) in [6, 6.07) is -0.318. The average molecular weight is 329 g/mol. The number of rotatable bonds is 3. The number of hydrogen-bond donors (Lipinski definition) is 2. The summed E-state index contributed by atoms with van der Waals surface area (Å²) in [6.07, 6.45) is 2.43. The van der Waals surface area contributed by atoms with E-state index in [0.29, 0.717) is 24.3 Å². The zero-order valence-electron chi connectivity index (χ0n) is 11.3. The fourth-order valence-electron chi connectivity index (χ4n) is 2.43. The van der Waals surface area contributed by atoms with Crippen LogP contribution in [0, 0.1) is 0 Å². The van der Waals surface area contributed by atoms with Crippen LogP contribution < -0.4 is 10.5 Å². The zero-order chi connectivity index (χ0) is 15.2. The number of sulfonamides is 1. The number of carbonyl (C=O) groups is 1. The Labute approximate surface area is 125 Å². The molecule has 3 rings (SSSR count). The van der Waals surface area contributed by atoms with Gasteiger partial charge < -0.3 is 10.6 Å². The number of likely N-dealkylation sites (tertiary alicyclic amines) is 1. The SMILES string of the molecule is CN1CC(NS(=O)(=O)c2c(N)nc3sccn23)CCC1=O. The molecule has 0 aliphatic carbocycles. The fourth-order valence-corrected chi connectivity index (χ4v) is 4.68. The average Bonchev–Trinajstić information content (AvgIpc) is 2.92. The van der Waals surface area contributed by atoms with Crippen molar-refractivity contribution in [1.29, 1.82) is 0 Å². The van der Waals surface area contributed by atoms with Crippen molar-refractivity contribution < 1.29 is 13.2 Å². The van der Waals surface area contributed by atoms with Crippen molar-refractivity contribution in [2.75, 3.05) is 19.3 Å². The summed E-state index contributed by atoms with van der Waals surface area (Å²) in [5, 5.41) is 1.70. The second-order valence-corrected chi connectivity index (χ2v) is 7.49. The predicted octanol–water partition coefficient (Wildman–Crippen LogP) is -0.123. The van der Waals surface area contributed by atoms with E-state index in [9.17, 15) is 13.2 Å². The van der Waals surface area contributed by atoms with Crippen LogP contribution in [0.1, 0.15) is 12.8 Å². The summed E-state index contributed by atoms with van der Waals surface area (Å²) in [6.45, 7) is 0.351. The molecule has 0 bridgehead atoms. The first kappa shape index (κ1) is 14.3. The van der Waals surface area contributed by atoms with Crippen LogP contribution in [-0.2, 0) is 14.8 Å². The van der Waals surface area contributed by atoms with Gasteiger partial charge in [-0.3, -0.25) is 9.20 Å². The topological polar surface area (TPSA) is 110 Å². The second kappa shape index (κ2) is 4.97. The molecule has 1 amide bonds. The lowest BCUT2D eigenvalue weighted by molar-refractivity contribution is -0.132. The van der Waals surface area contributed by atoms with Gasteiger partial charge in [0.05, 0.1) is 0 Å². The van der Waals surface area contributed by atoms with Gasteiger partial charge in [-0.15, -0.1) is 11.3 Å². The molecule has 10 heteroatoms. The van der Waals surface area contributed by atoms with Crippen molar-refractivity contribution in [2.45, 2.75) is 23.9 Å². The minimum Gasteiger partial charge on any atom is -0.381 e. The smallest absolute Gasteiger partial charge is 0.260 e. The Kier molecular flexibility index (Phi) is 3.38. The highest BCUT2D eigenvalue weighted by Gasteiger charge is 2.30. The van der Waals surface area contributed by atoms with Gasteiger partial charge >= 0.3 is 0 Å². The zero-order valence-corrected chi connectivity index (χ0v) is 12.9. The molecule has 8 nitrogen and oxygen atoms in total. The first-order valence-electron chi connectivity index (χ1n) is 6.36. The molecule has 0 spiro atoms. The third-order valence-electron chi connectivity index (χ3n) is 3.45. The molecule has 1 aliphatic heterocycles. The van der Waals surface area contributed by atoms with E-state index in [4.69, 9.17) is 5.73 Å². The van der Waals surface area contributed by atoms with E-state index in [0.717, 1.165) is 0 Å². The van der Waals surface area contributed by atoms with Crippen LogP contribution in [0.4, 0.5) is 5.82 Å². The van der Waals surface area contributed by atoms with Gasteiger partial charge in [-0.25, -0.2) is 18.1 Å². The molecular weight excluding hydrogens is 314 g/mol. The van der Waals surface area contributed by atoms with Crippen molar-refractivity contribution in [3.63, 3.8) is 0 Å². The van der Waals surface area contributed by atoms with Gasteiger partial charge in [-0.2, -0.15) is 0 Å². The third-order valence-corrected chi connectivity index (χ3v) is 5.76. The number of nitrogens with zero attached hydrogens (tertiary/aromatic N) is 3. The maximum Gasteiger partial charge on any atom is 0.260 e. The number of likely N-dealkylation sites (N-methyl/N-ethyl adjacent to an activating group) is 1. The normalized spacial score (nSPS) is 20.3. The lowest BCUT2D eigenvalue weighted by Gasteiger charge is -2.29. The van der Waals surface area contributed by atoms with Gasteiger partial charge in [0.15, 0.2) is 15.8 Å². The number of piperidine rings is 1. The van der Waals surface area contributed by atoms with E-state index in [1.165, 1.54) is 20.6 Å². The van der Waals surface area contributed by atoms with Gasteiger partial charge in [0, 0.05) is 37.6 Å². The minimum atomic E-state index is -3.79. The van der Waals surface area contributed by atoms with E-state index in [1.807, 2.05) is 0 Å². The van der Waals surface area contributed by atoms with Gasteiger partial charge in [0.1, 0.15) is 0 Å². The van der Waals surface area contributed by atoms with Crippen molar-refractivity contribution in [1.82, 2.24) is 19.0 Å². The molecule has 2 aromatic heterocycles. The van der Waals surface area contributed by atoms with E-state index in [1.54, 1.807) is 18.6 Å². The van der Waals surface area contributed by atoms with Crippen molar-refractivity contribution in [3.8, 4) is 0 Å². The fraction of sp³-hybridized carbons (Fsp3) is 0.455. The van der Waals surface area contributed by atoms with Crippen LogP contribution in [0.5, 0.6) is 0 Å². The standard InChI is InChI=1S/C11H15N5O3S2/c1-15-6-7(2-3-8(15)17)14-21(18,19)10-9(12)13-11-16(10)4-5-20-11/h4-5,7,14H,2-3,6,12H2,1H3. The van der Waals surface area contributed by atoms with Crippen molar-refractivity contribution in [2.24, 2.45) is 0 Å². The molecule has 21 heavy (non-hydrogen) atoms. The Morgan fingerprint density at radius 3 is 3.00 bits per heavy atom. The van der Waals surface area contributed by atoms with Crippen LogP contribution in [0.25, 0.3) is 4.96 Å². The molecule has 2 aromatic rings. The molecule has 0 radical (unpaired) electrons. The van der Waals surface area contributed by atoms with Crippen LogP contribution in [-0.4, -0.2) is 48.2 Å². The van der Waals surface area contributed by atoms with Crippen molar-refractivity contribution in [3.05, 3.63) is 11.6 Å². The molecular formula is C11H15N5O3S2. The largest absolute Gasteiger partial charge is 0.381 e. The Bertz CT molecular complexity index is 794. The first-order valence-corrected chi connectivity index (χ1v) is 8.72. The number of amides is 1. The summed E-state index contributed by atoms with van der Waals surface area (Å²) in [4.78, 5) is 17.5. The molecule has 0 saturated carbocycles.